The third-order valence-electron chi connectivity index (χ3n) is 3.62. The van der Waals surface area contributed by atoms with Crippen LogP contribution in [-0.2, 0) is 0 Å². The molecule has 1 aromatic rings. The highest BCUT2D eigenvalue weighted by Crippen LogP contribution is 2.22. The molecular weight excluding hydrogens is 232 g/mol. The number of piperazine rings is 1. The van der Waals surface area contributed by atoms with E-state index < -0.39 is 0 Å². The molecule has 0 spiro atoms. The first-order valence-electron chi connectivity index (χ1n) is 6.19. The molecule has 1 aliphatic heterocycles. The van der Waals surface area contributed by atoms with Crippen molar-refractivity contribution >= 4 is 17.2 Å². The highest BCUT2D eigenvalue weighted by Gasteiger charge is 2.23. The first-order valence-corrected chi connectivity index (χ1v) is 7.07. The summed E-state index contributed by atoms with van der Waals surface area (Å²) in [7, 11) is 0. The van der Waals surface area contributed by atoms with Gasteiger partial charge in [0.05, 0.1) is 5.56 Å². The SMILES string of the molecule is CCN1CCN(C(=O)c2csc(C)c2C)CC1. The van der Waals surface area contributed by atoms with Gasteiger partial charge in [-0.1, -0.05) is 6.92 Å². The normalized spacial score (nSPS) is 17.5. The summed E-state index contributed by atoms with van der Waals surface area (Å²) in [5.74, 6) is 0.211. The first kappa shape index (κ1) is 12.6. The van der Waals surface area contributed by atoms with Gasteiger partial charge >= 0.3 is 0 Å². The van der Waals surface area contributed by atoms with Crippen LogP contribution in [0.1, 0.15) is 27.7 Å². The van der Waals surface area contributed by atoms with E-state index in [0.717, 1.165) is 43.9 Å². The predicted octanol–water partition coefficient (Wildman–Crippen LogP) is 2.14. The summed E-state index contributed by atoms with van der Waals surface area (Å²) in [5.41, 5.74) is 2.05. The Balaban J connectivity index is 2.04. The molecule has 0 saturated carbocycles. The lowest BCUT2D eigenvalue weighted by atomic mass is 10.1. The van der Waals surface area contributed by atoms with Gasteiger partial charge in [0, 0.05) is 36.4 Å². The lowest BCUT2D eigenvalue weighted by Gasteiger charge is -2.34. The van der Waals surface area contributed by atoms with E-state index in [9.17, 15) is 4.79 Å². The van der Waals surface area contributed by atoms with Crippen LogP contribution in [0.25, 0.3) is 0 Å². The highest BCUT2D eigenvalue weighted by molar-refractivity contribution is 7.10. The zero-order valence-electron chi connectivity index (χ0n) is 10.8. The molecule has 0 radical (unpaired) electrons. The number of rotatable bonds is 2. The lowest BCUT2D eigenvalue weighted by Crippen LogP contribution is -2.48. The van der Waals surface area contributed by atoms with Crippen molar-refractivity contribution in [2.45, 2.75) is 20.8 Å². The van der Waals surface area contributed by atoms with E-state index >= 15 is 0 Å². The summed E-state index contributed by atoms with van der Waals surface area (Å²) >= 11 is 1.67. The molecule has 1 saturated heterocycles. The molecule has 0 atom stereocenters. The molecule has 1 amide bonds. The molecule has 94 valence electrons. The largest absolute Gasteiger partial charge is 0.336 e. The summed E-state index contributed by atoms with van der Waals surface area (Å²) < 4.78 is 0. The number of hydrogen-bond donors (Lipinski definition) is 0. The van der Waals surface area contributed by atoms with E-state index in [1.165, 1.54) is 4.88 Å². The van der Waals surface area contributed by atoms with Crippen molar-refractivity contribution in [2.75, 3.05) is 32.7 Å². The van der Waals surface area contributed by atoms with Gasteiger partial charge in [-0.15, -0.1) is 11.3 Å². The monoisotopic (exact) mass is 252 g/mol. The maximum Gasteiger partial charge on any atom is 0.255 e. The Morgan fingerprint density at radius 2 is 1.94 bits per heavy atom. The van der Waals surface area contributed by atoms with Gasteiger partial charge in [-0.3, -0.25) is 4.79 Å². The van der Waals surface area contributed by atoms with Gasteiger partial charge in [0.15, 0.2) is 0 Å². The Morgan fingerprint density at radius 1 is 1.29 bits per heavy atom. The van der Waals surface area contributed by atoms with Crippen molar-refractivity contribution in [3.8, 4) is 0 Å². The average molecular weight is 252 g/mol. The minimum Gasteiger partial charge on any atom is -0.336 e. The molecule has 2 heterocycles. The van der Waals surface area contributed by atoms with Crippen molar-refractivity contribution < 1.29 is 4.79 Å². The number of nitrogens with zero attached hydrogens (tertiary/aromatic N) is 2. The molecule has 1 aromatic heterocycles. The Labute approximate surface area is 107 Å². The van der Waals surface area contributed by atoms with Crippen LogP contribution >= 0.6 is 11.3 Å². The smallest absolute Gasteiger partial charge is 0.255 e. The van der Waals surface area contributed by atoms with Crippen LogP contribution in [0.4, 0.5) is 0 Å². The van der Waals surface area contributed by atoms with Gasteiger partial charge in [0.2, 0.25) is 0 Å². The quantitative estimate of drug-likeness (QED) is 0.805. The molecule has 4 heteroatoms. The molecule has 0 bridgehead atoms. The number of aryl methyl sites for hydroxylation is 1. The Kier molecular flexibility index (Phi) is 3.84. The van der Waals surface area contributed by atoms with Crippen LogP contribution in [0.5, 0.6) is 0 Å². The van der Waals surface area contributed by atoms with Gasteiger partial charge < -0.3 is 9.80 Å². The third-order valence-corrected chi connectivity index (χ3v) is 4.64. The van der Waals surface area contributed by atoms with Crippen molar-refractivity contribution in [3.63, 3.8) is 0 Å². The van der Waals surface area contributed by atoms with Crippen LogP contribution < -0.4 is 0 Å². The topological polar surface area (TPSA) is 23.6 Å². The second-order valence-electron chi connectivity index (χ2n) is 4.56. The fraction of sp³-hybridized carbons (Fsp3) is 0.615. The zero-order chi connectivity index (χ0) is 12.4. The molecular formula is C13H20N2OS. The van der Waals surface area contributed by atoms with Crippen molar-refractivity contribution in [1.29, 1.82) is 0 Å². The van der Waals surface area contributed by atoms with Gasteiger partial charge in [-0.05, 0) is 26.0 Å². The van der Waals surface area contributed by atoms with Crippen LogP contribution in [0.15, 0.2) is 5.38 Å². The van der Waals surface area contributed by atoms with Gasteiger partial charge in [-0.2, -0.15) is 0 Å². The third kappa shape index (κ3) is 2.53. The van der Waals surface area contributed by atoms with Crippen LogP contribution in [0.3, 0.4) is 0 Å². The van der Waals surface area contributed by atoms with E-state index in [-0.39, 0.29) is 5.91 Å². The fourth-order valence-electron chi connectivity index (χ4n) is 2.16. The van der Waals surface area contributed by atoms with Gasteiger partial charge in [-0.25, -0.2) is 0 Å². The van der Waals surface area contributed by atoms with Gasteiger partial charge in [0.25, 0.3) is 5.91 Å². The van der Waals surface area contributed by atoms with Crippen molar-refractivity contribution in [3.05, 3.63) is 21.4 Å². The van der Waals surface area contributed by atoms with E-state index in [2.05, 4.69) is 18.7 Å². The zero-order valence-corrected chi connectivity index (χ0v) is 11.6. The second-order valence-corrected chi connectivity index (χ2v) is 5.64. The first-order chi connectivity index (χ1) is 8.13. The van der Waals surface area contributed by atoms with E-state index in [1.54, 1.807) is 11.3 Å². The number of carbonyl (C=O) groups is 1. The minimum atomic E-state index is 0.211. The summed E-state index contributed by atoms with van der Waals surface area (Å²) in [4.78, 5) is 18.0. The molecule has 17 heavy (non-hydrogen) atoms. The molecule has 3 nitrogen and oxygen atoms in total. The number of carbonyl (C=O) groups excluding carboxylic acids is 1. The lowest BCUT2D eigenvalue weighted by molar-refractivity contribution is 0.0643. The Morgan fingerprint density at radius 3 is 2.41 bits per heavy atom. The summed E-state index contributed by atoms with van der Waals surface area (Å²) in [5, 5.41) is 2.00. The summed E-state index contributed by atoms with van der Waals surface area (Å²) in [6.07, 6.45) is 0. The molecule has 0 aliphatic carbocycles. The predicted molar refractivity (Wildman–Crippen MR) is 71.8 cm³/mol. The van der Waals surface area contributed by atoms with E-state index in [0.29, 0.717) is 0 Å². The standard InChI is InChI=1S/C13H20N2OS/c1-4-14-5-7-15(8-6-14)13(16)12-9-17-11(3)10(12)2/h9H,4-8H2,1-3H3. The van der Waals surface area contributed by atoms with Crippen molar-refractivity contribution in [1.82, 2.24) is 9.80 Å². The number of thiophene rings is 1. The minimum absolute atomic E-state index is 0.211. The van der Waals surface area contributed by atoms with Gasteiger partial charge in [0.1, 0.15) is 0 Å². The number of hydrogen-bond acceptors (Lipinski definition) is 3. The number of amides is 1. The summed E-state index contributed by atoms with van der Waals surface area (Å²) in [6, 6.07) is 0. The molecule has 0 N–H and O–H groups in total. The molecule has 2 rings (SSSR count). The fourth-order valence-corrected chi connectivity index (χ4v) is 3.02. The molecule has 1 fully saturated rings. The average Bonchev–Trinajstić information content (AvgIpc) is 2.69. The van der Waals surface area contributed by atoms with Crippen LogP contribution in [0, 0.1) is 13.8 Å². The van der Waals surface area contributed by atoms with Crippen LogP contribution in [0.2, 0.25) is 0 Å². The highest BCUT2D eigenvalue weighted by atomic mass is 32.1. The van der Waals surface area contributed by atoms with Crippen LogP contribution in [-0.4, -0.2) is 48.4 Å². The Bertz CT molecular complexity index is 406. The van der Waals surface area contributed by atoms with E-state index in [1.807, 2.05) is 17.2 Å². The van der Waals surface area contributed by atoms with E-state index in [4.69, 9.17) is 0 Å². The molecule has 0 aromatic carbocycles. The summed E-state index contributed by atoms with van der Waals surface area (Å²) in [6.45, 7) is 11.1. The maximum absolute atomic E-state index is 12.3. The molecule has 0 unspecified atom stereocenters. The maximum atomic E-state index is 12.3. The Hall–Kier alpha value is -0.870. The molecule has 1 aliphatic rings. The second kappa shape index (κ2) is 5.19. The van der Waals surface area contributed by atoms with Crippen molar-refractivity contribution in [2.24, 2.45) is 0 Å². The number of likely N-dealkylation sites (N-methyl/N-ethyl adjacent to an activating group) is 1.